The Kier molecular flexibility index (Phi) is 10.8. The summed E-state index contributed by atoms with van der Waals surface area (Å²) in [6, 6.07) is 23.8. The largest absolute Gasteiger partial charge is 0.468 e. The maximum absolute atomic E-state index is 10.8. The summed E-state index contributed by atoms with van der Waals surface area (Å²) >= 11 is 0. The maximum atomic E-state index is 10.8. The molecule has 1 N–H and O–H groups in total. The molecule has 3 atom stereocenters. The molecule has 20 heteroatoms. The van der Waals surface area contributed by atoms with Crippen LogP contribution in [0.5, 0.6) is 17.6 Å². The van der Waals surface area contributed by atoms with Gasteiger partial charge >= 0.3 is 0 Å². The molecule has 388 valence electrons. The highest BCUT2D eigenvalue weighted by Gasteiger charge is 2.53. The normalized spacial score (nSPS) is 20.9. The predicted molar refractivity (Wildman–Crippen MR) is 272 cm³/mol. The molecular weight excluding hydrogens is 983 g/mol. The van der Waals surface area contributed by atoms with Crippen LogP contribution in [0.2, 0.25) is 0 Å². The van der Waals surface area contributed by atoms with E-state index in [4.69, 9.17) is 47.2 Å². The first-order valence-corrected chi connectivity index (χ1v) is 26.4. The van der Waals surface area contributed by atoms with Gasteiger partial charge in [0, 0.05) is 78.9 Å². The fourth-order valence-electron chi connectivity index (χ4n) is 11.6. The average Bonchev–Trinajstić information content (AvgIpc) is 4.36. The van der Waals surface area contributed by atoms with E-state index in [-0.39, 0.29) is 12.2 Å². The zero-order valence-electron chi connectivity index (χ0n) is 42.0. The quantitative estimate of drug-likeness (QED) is 0.120. The van der Waals surface area contributed by atoms with E-state index >= 15 is 0 Å². The van der Waals surface area contributed by atoms with Crippen LogP contribution in [0.15, 0.2) is 111 Å². The Labute approximate surface area is 440 Å². The van der Waals surface area contributed by atoms with Crippen molar-refractivity contribution in [3.8, 4) is 86.3 Å². The Hall–Kier alpha value is -8.20. The number of pyridine rings is 3. The van der Waals surface area contributed by atoms with E-state index in [0.29, 0.717) is 108 Å². The fraction of sp³-hybridized carbons (Fsp3) is 0.368. The van der Waals surface area contributed by atoms with Crippen LogP contribution in [0, 0.1) is 0 Å². The standard InChI is InChI=1S/C57H51N11O9/c1-68-20-13-42(64-68)48-63-54(77-67-48)41-23-38-26-45(57(18-4-19-57)74-51(38)60-29-41)71-31-33-7-11-35(12-8-33)47-62-53(76-66-47)40-22-37-25-44(56(16-3-17-56)73-50(37)59-28-40)70-30-32-5-9-34(10-6-32)46-61-52(75-65-46)39-21-36-24-43(69)55(14-2-15-55)72-49(36)58-27-39/h5-13,20-23,27-29,43-45,69H,2-4,14-19,24-26,30-31H2,1H3/t43-,44+,45-/m0/s1. The van der Waals surface area contributed by atoms with Crippen LogP contribution < -0.4 is 14.2 Å². The van der Waals surface area contributed by atoms with Gasteiger partial charge in [-0.15, -0.1) is 0 Å². The lowest BCUT2D eigenvalue weighted by Gasteiger charge is -2.49. The smallest absolute Gasteiger partial charge is 0.259 e. The summed E-state index contributed by atoms with van der Waals surface area (Å²) in [4.78, 5) is 28.0. The number of fused-ring (bicyclic) bond motifs is 3. The number of aryl methyl sites for hydroxylation is 1. The minimum atomic E-state index is -0.560. The molecule has 3 spiro atoms. The van der Waals surface area contributed by atoms with Gasteiger partial charge in [-0.2, -0.15) is 20.1 Å². The lowest BCUT2D eigenvalue weighted by atomic mass is 9.72. The van der Waals surface area contributed by atoms with Crippen LogP contribution in [0.25, 0.3) is 68.7 Å². The number of aromatic nitrogens is 11. The highest BCUT2D eigenvalue weighted by atomic mass is 16.6. The van der Waals surface area contributed by atoms with Crippen molar-refractivity contribution >= 4 is 0 Å². The summed E-state index contributed by atoms with van der Waals surface area (Å²) < 4.78 is 51.5. The molecular formula is C57H51N11O9. The second kappa shape index (κ2) is 18.0. The van der Waals surface area contributed by atoms with Gasteiger partial charge in [-0.25, -0.2) is 15.0 Å². The van der Waals surface area contributed by atoms with Crippen molar-refractivity contribution in [3.63, 3.8) is 0 Å². The van der Waals surface area contributed by atoms with Gasteiger partial charge in [-0.3, -0.25) is 4.68 Å². The van der Waals surface area contributed by atoms with E-state index in [1.807, 2.05) is 86.0 Å². The van der Waals surface area contributed by atoms with Crippen molar-refractivity contribution in [2.24, 2.45) is 7.05 Å². The zero-order chi connectivity index (χ0) is 51.3. The molecule has 10 heterocycles. The Morgan fingerprint density at radius 1 is 0.519 bits per heavy atom. The SMILES string of the molecule is Cn1ccc(-c2noc(-c3cnc4c(c3)C[C@H](OCc3ccc(-c5noc(-c6cnc7c(c6)C[C@@H](OCc6ccc(-c8noc(-c9cnc%10c(c9)C[C@H](O)C9(CCC9)O%10)n8)cc6)C6(CCC6)O7)n5)cc3)C3(CCC3)O4)n2)n1. The molecule has 2 aromatic carbocycles. The van der Waals surface area contributed by atoms with Crippen molar-refractivity contribution < 1.29 is 42.4 Å². The monoisotopic (exact) mass is 1030 g/mol. The lowest BCUT2D eigenvalue weighted by Crippen LogP contribution is -2.57. The van der Waals surface area contributed by atoms with Crippen molar-refractivity contribution in [2.75, 3.05) is 0 Å². The van der Waals surface area contributed by atoms with Crippen molar-refractivity contribution in [3.05, 3.63) is 125 Å². The molecule has 15 rings (SSSR count). The summed E-state index contributed by atoms with van der Waals surface area (Å²) in [6.45, 7) is 0.795. The lowest BCUT2D eigenvalue weighted by molar-refractivity contribution is -0.149. The molecule has 0 bridgehead atoms. The van der Waals surface area contributed by atoms with Crippen LogP contribution in [0.1, 0.15) is 85.6 Å². The van der Waals surface area contributed by atoms with Gasteiger partial charge in [0.2, 0.25) is 35.1 Å². The predicted octanol–water partition coefficient (Wildman–Crippen LogP) is 8.86. The molecule has 9 aromatic rings. The minimum absolute atomic E-state index is 0.166. The number of hydrogen-bond acceptors (Lipinski definition) is 19. The van der Waals surface area contributed by atoms with Crippen LogP contribution >= 0.6 is 0 Å². The van der Waals surface area contributed by atoms with Gasteiger partial charge in [-0.05, 0) is 93.2 Å². The third-order valence-corrected chi connectivity index (χ3v) is 16.6. The van der Waals surface area contributed by atoms with Gasteiger partial charge in [0.15, 0.2) is 0 Å². The number of aliphatic hydroxyl groups excluding tert-OH is 1. The topological polar surface area (TPSA) is 240 Å². The van der Waals surface area contributed by atoms with Crippen LogP contribution in [-0.2, 0) is 49.0 Å². The van der Waals surface area contributed by atoms with Crippen molar-refractivity contribution in [1.29, 1.82) is 0 Å². The Morgan fingerprint density at radius 2 is 0.935 bits per heavy atom. The summed E-state index contributed by atoms with van der Waals surface area (Å²) in [5.74, 6) is 4.23. The first kappa shape index (κ1) is 46.1. The molecule has 3 aliphatic carbocycles. The maximum Gasteiger partial charge on any atom is 0.259 e. The Bertz CT molecular complexity index is 3690. The molecule has 0 saturated heterocycles. The van der Waals surface area contributed by atoms with Gasteiger partial charge in [0.05, 0.1) is 36.0 Å². The van der Waals surface area contributed by atoms with Crippen molar-refractivity contribution in [1.82, 2.24) is 55.2 Å². The third kappa shape index (κ3) is 8.15. The second-order valence-corrected chi connectivity index (χ2v) is 21.4. The van der Waals surface area contributed by atoms with Gasteiger partial charge in [0.25, 0.3) is 17.7 Å². The number of ether oxygens (including phenoxy) is 5. The van der Waals surface area contributed by atoms with Gasteiger partial charge < -0.3 is 42.4 Å². The molecule has 6 aliphatic rings. The zero-order valence-corrected chi connectivity index (χ0v) is 42.0. The average molecular weight is 1030 g/mol. The summed E-state index contributed by atoms with van der Waals surface area (Å²) in [5.41, 5.74) is 7.71. The van der Waals surface area contributed by atoms with Crippen molar-refractivity contribution in [2.45, 2.75) is 125 Å². The molecule has 0 unspecified atom stereocenters. The molecule has 3 aliphatic heterocycles. The van der Waals surface area contributed by atoms with Gasteiger partial charge in [-0.1, -0.05) is 64.0 Å². The molecule has 0 amide bonds. The molecule has 20 nitrogen and oxygen atoms in total. The van der Waals surface area contributed by atoms with E-state index in [9.17, 15) is 5.11 Å². The molecule has 3 saturated carbocycles. The summed E-state index contributed by atoms with van der Waals surface area (Å²) in [5, 5.41) is 27.9. The van der Waals surface area contributed by atoms with E-state index < -0.39 is 22.9 Å². The number of benzene rings is 2. The highest BCUT2D eigenvalue weighted by Crippen LogP contribution is 2.49. The highest BCUT2D eigenvalue weighted by molar-refractivity contribution is 5.63. The second-order valence-electron chi connectivity index (χ2n) is 21.4. The third-order valence-electron chi connectivity index (χ3n) is 16.6. The van der Waals surface area contributed by atoms with Gasteiger partial charge in [0.1, 0.15) is 34.7 Å². The van der Waals surface area contributed by atoms with E-state index in [2.05, 4.69) is 40.5 Å². The summed E-state index contributed by atoms with van der Waals surface area (Å²) in [7, 11) is 1.84. The van der Waals surface area contributed by atoms with E-state index in [1.165, 1.54) is 0 Å². The number of nitrogens with zero attached hydrogens (tertiary/aromatic N) is 11. The fourth-order valence-corrected chi connectivity index (χ4v) is 11.6. The Balaban J connectivity index is 0.577. The first-order chi connectivity index (χ1) is 37.7. The van der Waals surface area contributed by atoms with Crippen LogP contribution in [-0.4, -0.2) is 95.4 Å². The number of hydrogen-bond donors (Lipinski definition) is 1. The van der Waals surface area contributed by atoms with Crippen LogP contribution in [0.3, 0.4) is 0 Å². The molecule has 7 aromatic heterocycles. The first-order valence-electron chi connectivity index (χ1n) is 26.4. The summed E-state index contributed by atoms with van der Waals surface area (Å²) in [6.07, 6.45) is 16.3. The number of aliphatic hydroxyl groups is 1. The Morgan fingerprint density at radius 3 is 1.35 bits per heavy atom. The van der Waals surface area contributed by atoms with E-state index in [0.717, 1.165) is 96.7 Å². The molecule has 3 fully saturated rings. The minimum Gasteiger partial charge on any atom is -0.468 e. The van der Waals surface area contributed by atoms with Crippen LogP contribution in [0.4, 0.5) is 0 Å². The molecule has 0 radical (unpaired) electrons. The van der Waals surface area contributed by atoms with E-state index in [1.54, 1.807) is 23.3 Å². The molecule has 77 heavy (non-hydrogen) atoms. The number of rotatable bonds is 12.